The van der Waals surface area contributed by atoms with Crippen molar-refractivity contribution in [1.29, 1.82) is 0 Å². The number of carbonyl (C=O) groups is 3. The maximum Gasteiger partial charge on any atom is 0.323 e. The third-order valence-electron chi connectivity index (χ3n) is 2.36. The zero-order chi connectivity index (χ0) is 15.7. The number of nitrogens with two attached hydrogens (primary N) is 1. The van der Waals surface area contributed by atoms with Crippen LogP contribution >= 0.6 is 0 Å². The summed E-state index contributed by atoms with van der Waals surface area (Å²) >= 11 is 0. The molecule has 0 aliphatic rings. The Morgan fingerprint density at radius 1 is 1.20 bits per heavy atom. The van der Waals surface area contributed by atoms with Crippen LogP contribution in [0.5, 0.6) is 0 Å². The molecule has 0 radical (unpaired) electrons. The molecule has 3 N–H and O–H groups in total. The van der Waals surface area contributed by atoms with E-state index in [1.54, 1.807) is 0 Å². The highest BCUT2D eigenvalue weighted by molar-refractivity contribution is 5.86. The summed E-state index contributed by atoms with van der Waals surface area (Å²) in [5.41, 5.74) is 5.04. The van der Waals surface area contributed by atoms with E-state index in [2.05, 4.69) is 0 Å². The van der Waals surface area contributed by atoms with E-state index in [1.807, 2.05) is 13.8 Å². The molecule has 0 bridgehead atoms. The van der Waals surface area contributed by atoms with E-state index in [-0.39, 0.29) is 5.92 Å². The van der Waals surface area contributed by atoms with Crippen molar-refractivity contribution in [3.63, 3.8) is 0 Å². The minimum absolute atomic E-state index is 0.205. The average Bonchev–Trinajstić information content (AvgIpc) is 2.31. The molecule has 0 aromatic rings. The molecule has 0 saturated carbocycles. The van der Waals surface area contributed by atoms with Crippen molar-refractivity contribution in [1.82, 2.24) is 9.80 Å². The zero-order valence-corrected chi connectivity index (χ0v) is 12.2. The van der Waals surface area contributed by atoms with Crippen LogP contribution in [0, 0.1) is 5.92 Å². The minimum atomic E-state index is -1.20. The van der Waals surface area contributed by atoms with E-state index < -0.39 is 31.0 Å². The van der Waals surface area contributed by atoms with Crippen LogP contribution < -0.4 is 5.73 Å². The summed E-state index contributed by atoms with van der Waals surface area (Å²) in [4.78, 5) is 36.4. The van der Waals surface area contributed by atoms with E-state index in [0.717, 1.165) is 4.90 Å². The van der Waals surface area contributed by atoms with E-state index in [0.29, 0.717) is 19.7 Å². The summed E-state index contributed by atoms with van der Waals surface area (Å²) in [5, 5.41) is 8.80. The molecule has 0 fully saturated rings. The standard InChI is InChI=1S/C12H23N3O5/c1-9(2)6-14(4-5-20-3)12(19)15(7-10(13)16)8-11(17)18/h9H,4-8H2,1-3H3,(H2,13,16)(H,17,18). The van der Waals surface area contributed by atoms with Gasteiger partial charge in [0.05, 0.1) is 6.61 Å². The fourth-order valence-electron chi connectivity index (χ4n) is 1.65. The first-order chi connectivity index (χ1) is 9.27. The summed E-state index contributed by atoms with van der Waals surface area (Å²) in [7, 11) is 1.51. The predicted molar refractivity (Wildman–Crippen MR) is 72.1 cm³/mol. The van der Waals surface area contributed by atoms with Gasteiger partial charge >= 0.3 is 12.0 Å². The lowest BCUT2D eigenvalue weighted by molar-refractivity contribution is -0.138. The van der Waals surface area contributed by atoms with Gasteiger partial charge in [-0.15, -0.1) is 0 Å². The number of primary amides is 1. The fraction of sp³-hybridized carbons (Fsp3) is 0.750. The van der Waals surface area contributed by atoms with Crippen LogP contribution in [0.2, 0.25) is 0 Å². The number of ether oxygens (including phenoxy) is 1. The van der Waals surface area contributed by atoms with Gasteiger partial charge in [-0.1, -0.05) is 13.8 Å². The molecule has 0 saturated heterocycles. The van der Waals surface area contributed by atoms with E-state index in [1.165, 1.54) is 12.0 Å². The van der Waals surface area contributed by atoms with Crippen LogP contribution in [0.15, 0.2) is 0 Å². The maximum atomic E-state index is 12.3. The highest BCUT2D eigenvalue weighted by Crippen LogP contribution is 2.04. The maximum absolute atomic E-state index is 12.3. The Hall–Kier alpha value is -1.83. The fourth-order valence-corrected chi connectivity index (χ4v) is 1.65. The molecule has 0 heterocycles. The van der Waals surface area contributed by atoms with Crippen LogP contribution in [0.4, 0.5) is 4.79 Å². The van der Waals surface area contributed by atoms with Crippen LogP contribution in [-0.2, 0) is 14.3 Å². The molecule has 0 atom stereocenters. The monoisotopic (exact) mass is 289 g/mol. The number of hydrogen-bond acceptors (Lipinski definition) is 4. The van der Waals surface area contributed by atoms with Gasteiger partial charge in [0.25, 0.3) is 0 Å². The second kappa shape index (κ2) is 9.13. The first-order valence-electron chi connectivity index (χ1n) is 6.30. The molecule has 0 unspecified atom stereocenters. The average molecular weight is 289 g/mol. The number of carbonyl (C=O) groups excluding carboxylic acids is 2. The van der Waals surface area contributed by atoms with Gasteiger partial charge < -0.3 is 25.4 Å². The molecule has 116 valence electrons. The van der Waals surface area contributed by atoms with Crippen LogP contribution in [-0.4, -0.2) is 72.7 Å². The van der Waals surface area contributed by atoms with Crippen molar-refractivity contribution in [2.75, 3.05) is 39.9 Å². The van der Waals surface area contributed by atoms with Crippen LogP contribution in [0.3, 0.4) is 0 Å². The lowest BCUT2D eigenvalue weighted by atomic mass is 10.2. The smallest absolute Gasteiger partial charge is 0.323 e. The number of carboxylic acid groups (broad SMARTS) is 1. The Bertz CT molecular complexity index is 330. The third-order valence-corrected chi connectivity index (χ3v) is 2.36. The third kappa shape index (κ3) is 7.57. The summed E-state index contributed by atoms with van der Waals surface area (Å²) in [6.45, 7) is 3.97. The van der Waals surface area contributed by atoms with Gasteiger partial charge in [-0.3, -0.25) is 9.59 Å². The van der Waals surface area contributed by atoms with Crippen molar-refractivity contribution in [2.24, 2.45) is 11.7 Å². The van der Waals surface area contributed by atoms with Gasteiger partial charge in [0, 0.05) is 20.2 Å². The zero-order valence-electron chi connectivity index (χ0n) is 12.2. The molecule has 8 heteroatoms. The van der Waals surface area contributed by atoms with E-state index >= 15 is 0 Å². The second-order valence-electron chi connectivity index (χ2n) is 4.83. The molecule has 0 rings (SSSR count). The summed E-state index contributed by atoms with van der Waals surface area (Å²) in [5.74, 6) is -1.75. The molecule has 0 aromatic carbocycles. The Kier molecular flexibility index (Phi) is 8.30. The first kappa shape index (κ1) is 18.2. The van der Waals surface area contributed by atoms with Gasteiger partial charge in [-0.25, -0.2) is 4.79 Å². The number of carboxylic acids is 1. The predicted octanol–water partition coefficient (Wildman–Crippen LogP) is -0.417. The molecule has 3 amide bonds. The summed E-state index contributed by atoms with van der Waals surface area (Å²) < 4.78 is 4.93. The molecule has 8 nitrogen and oxygen atoms in total. The van der Waals surface area contributed by atoms with E-state index in [4.69, 9.17) is 15.6 Å². The SMILES string of the molecule is COCCN(CC(C)C)C(=O)N(CC(N)=O)CC(=O)O. The highest BCUT2D eigenvalue weighted by Gasteiger charge is 2.24. The quantitative estimate of drug-likeness (QED) is 0.598. The first-order valence-corrected chi connectivity index (χ1v) is 6.30. The van der Waals surface area contributed by atoms with Crippen LogP contribution in [0.25, 0.3) is 0 Å². The Balaban J connectivity index is 4.90. The van der Waals surface area contributed by atoms with Crippen molar-refractivity contribution in [3.05, 3.63) is 0 Å². The second-order valence-corrected chi connectivity index (χ2v) is 4.83. The largest absolute Gasteiger partial charge is 0.480 e. The lowest BCUT2D eigenvalue weighted by Gasteiger charge is -2.30. The number of amides is 3. The minimum Gasteiger partial charge on any atom is -0.480 e. The number of aliphatic carboxylic acids is 1. The number of rotatable bonds is 9. The Morgan fingerprint density at radius 2 is 1.80 bits per heavy atom. The Morgan fingerprint density at radius 3 is 2.20 bits per heavy atom. The van der Waals surface area contributed by atoms with Crippen molar-refractivity contribution in [3.8, 4) is 0 Å². The lowest BCUT2D eigenvalue weighted by Crippen LogP contribution is -2.50. The van der Waals surface area contributed by atoms with Crippen molar-refractivity contribution >= 4 is 17.9 Å². The number of urea groups is 1. The van der Waals surface area contributed by atoms with Gasteiger partial charge in [0.15, 0.2) is 0 Å². The summed E-state index contributed by atoms with van der Waals surface area (Å²) in [6.07, 6.45) is 0. The normalized spacial score (nSPS) is 10.4. The molecule has 20 heavy (non-hydrogen) atoms. The van der Waals surface area contributed by atoms with Gasteiger partial charge in [0.2, 0.25) is 5.91 Å². The summed E-state index contributed by atoms with van der Waals surface area (Å²) in [6, 6.07) is -0.531. The van der Waals surface area contributed by atoms with Crippen molar-refractivity contribution in [2.45, 2.75) is 13.8 Å². The van der Waals surface area contributed by atoms with Gasteiger partial charge in [-0.2, -0.15) is 0 Å². The molecule has 0 aliphatic heterocycles. The molecular formula is C12H23N3O5. The highest BCUT2D eigenvalue weighted by atomic mass is 16.5. The Labute approximate surface area is 118 Å². The number of methoxy groups -OCH3 is 1. The number of hydrogen-bond donors (Lipinski definition) is 2. The van der Waals surface area contributed by atoms with Crippen LogP contribution in [0.1, 0.15) is 13.8 Å². The van der Waals surface area contributed by atoms with Crippen molar-refractivity contribution < 1.29 is 24.2 Å². The van der Waals surface area contributed by atoms with Gasteiger partial charge in [-0.05, 0) is 5.92 Å². The molecule has 0 aliphatic carbocycles. The topological polar surface area (TPSA) is 113 Å². The molecule has 0 aromatic heterocycles. The molecular weight excluding hydrogens is 266 g/mol. The van der Waals surface area contributed by atoms with Gasteiger partial charge in [0.1, 0.15) is 13.1 Å². The van der Waals surface area contributed by atoms with E-state index in [9.17, 15) is 14.4 Å². The molecule has 0 spiro atoms. The number of nitrogens with zero attached hydrogens (tertiary/aromatic N) is 2.